The van der Waals surface area contributed by atoms with Crippen LogP contribution in [0.4, 0.5) is 13.2 Å². The molecule has 0 saturated heterocycles. The summed E-state index contributed by atoms with van der Waals surface area (Å²) in [6, 6.07) is 9.36. The molecule has 2 heterocycles. The van der Waals surface area contributed by atoms with Crippen molar-refractivity contribution >= 4 is 11.6 Å². The van der Waals surface area contributed by atoms with Crippen LogP contribution in [0.3, 0.4) is 0 Å². The van der Waals surface area contributed by atoms with Crippen molar-refractivity contribution in [1.82, 2.24) is 24.8 Å². The van der Waals surface area contributed by atoms with Gasteiger partial charge < -0.3 is 4.57 Å². The number of pyridine rings is 1. The Morgan fingerprint density at radius 3 is 2.54 bits per heavy atom. The zero-order valence-electron chi connectivity index (χ0n) is 11.9. The maximum Gasteiger partial charge on any atom is 0.417 e. The second-order valence-corrected chi connectivity index (χ2v) is 5.26. The highest BCUT2D eigenvalue weighted by Crippen LogP contribution is 2.29. The van der Waals surface area contributed by atoms with Crippen molar-refractivity contribution in [3.63, 3.8) is 0 Å². The third-order valence-corrected chi connectivity index (χ3v) is 3.49. The Kier molecular flexibility index (Phi) is 4.10. The van der Waals surface area contributed by atoms with E-state index in [9.17, 15) is 18.0 Å². The SMILES string of the molecule is O=c1c(Cl)cc(C(F)(F)F)cn1Cc1nnnn1-c1ccccc1. The second kappa shape index (κ2) is 6.08. The van der Waals surface area contributed by atoms with Crippen LogP contribution in [0, 0.1) is 0 Å². The molecule has 0 bridgehead atoms. The molecule has 1 aromatic carbocycles. The van der Waals surface area contributed by atoms with Gasteiger partial charge in [0.25, 0.3) is 5.56 Å². The van der Waals surface area contributed by atoms with Gasteiger partial charge in [0.2, 0.25) is 0 Å². The van der Waals surface area contributed by atoms with Crippen molar-refractivity contribution in [2.24, 2.45) is 0 Å². The number of benzene rings is 1. The van der Waals surface area contributed by atoms with Crippen molar-refractivity contribution in [2.75, 3.05) is 0 Å². The average molecular weight is 356 g/mol. The van der Waals surface area contributed by atoms with Crippen LogP contribution >= 0.6 is 11.6 Å². The quantitative estimate of drug-likeness (QED) is 0.724. The molecule has 0 aliphatic rings. The molecule has 0 fully saturated rings. The van der Waals surface area contributed by atoms with Crippen LogP contribution in [-0.2, 0) is 12.7 Å². The summed E-state index contributed by atoms with van der Waals surface area (Å²) in [5.41, 5.74) is -1.17. The number of hydrogen-bond acceptors (Lipinski definition) is 4. The molecule has 2 aromatic heterocycles. The van der Waals surface area contributed by atoms with Gasteiger partial charge in [-0.2, -0.15) is 17.9 Å². The van der Waals surface area contributed by atoms with Gasteiger partial charge in [0.05, 0.1) is 17.8 Å². The van der Waals surface area contributed by atoms with Gasteiger partial charge in [-0.1, -0.05) is 29.8 Å². The van der Waals surface area contributed by atoms with Crippen molar-refractivity contribution in [1.29, 1.82) is 0 Å². The monoisotopic (exact) mass is 355 g/mol. The molecule has 0 radical (unpaired) electrons. The summed E-state index contributed by atoms with van der Waals surface area (Å²) in [7, 11) is 0. The van der Waals surface area contributed by atoms with E-state index in [1.54, 1.807) is 30.3 Å². The number of aromatic nitrogens is 5. The number of rotatable bonds is 3. The molecule has 24 heavy (non-hydrogen) atoms. The molecule has 3 aromatic rings. The molecular formula is C14H9ClF3N5O. The minimum atomic E-state index is -4.62. The highest BCUT2D eigenvalue weighted by Gasteiger charge is 2.32. The van der Waals surface area contributed by atoms with Crippen LogP contribution in [0.2, 0.25) is 5.02 Å². The highest BCUT2D eigenvalue weighted by atomic mass is 35.5. The Labute approximate surface area is 138 Å². The van der Waals surface area contributed by atoms with E-state index in [4.69, 9.17) is 11.6 Å². The summed E-state index contributed by atoms with van der Waals surface area (Å²) in [4.78, 5) is 12.0. The van der Waals surface area contributed by atoms with Crippen LogP contribution in [0.5, 0.6) is 0 Å². The zero-order chi connectivity index (χ0) is 17.3. The van der Waals surface area contributed by atoms with E-state index in [0.717, 1.165) is 4.57 Å². The Hall–Kier alpha value is -2.68. The number of para-hydroxylation sites is 1. The number of tetrazole rings is 1. The van der Waals surface area contributed by atoms with Crippen molar-refractivity contribution in [3.8, 4) is 5.69 Å². The third-order valence-electron chi connectivity index (χ3n) is 3.22. The average Bonchev–Trinajstić information content (AvgIpc) is 2.99. The number of nitrogens with zero attached hydrogens (tertiary/aromatic N) is 5. The minimum Gasteiger partial charge on any atom is -0.306 e. The molecule has 3 rings (SSSR count). The Balaban J connectivity index is 2.03. The van der Waals surface area contributed by atoms with Crippen LogP contribution < -0.4 is 5.56 Å². The van der Waals surface area contributed by atoms with Gasteiger partial charge in [0.15, 0.2) is 5.82 Å². The number of alkyl halides is 3. The summed E-state index contributed by atoms with van der Waals surface area (Å²) in [5, 5.41) is 10.5. The molecule has 0 atom stereocenters. The lowest BCUT2D eigenvalue weighted by Crippen LogP contribution is -2.24. The number of hydrogen-bond donors (Lipinski definition) is 0. The van der Waals surface area contributed by atoms with Gasteiger partial charge in [-0.3, -0.25) is 4.79 Å². The first-order chi connectivity index (χ1) is 11.4. The maximum absolute atomic E-state index is 12.9. The van der Waals surface area contributed by atoms with E-state index < -0.39 is 22.3 Å². The Morgan fingerprint density at radius 1 is 1.17 bits per heavy atom. The molecule has 10 heteroatoms. The molecule has 0 N–H and O–H groups in total. The second-order valence-electron chi connectivity index (χ2n) is 4.85. The van der Waals surface area contributed by atoms with Crippen molar-refractivity contribution < 1.29 is 13.2 Å². The van der Waals surface area contributed by atoms with E-state index >= 15 is 0 Å². The first-order valence-corrected chi connectivity index (χ1v) is 7.04. The van der Waals surface area contributed by atoms with Crippen LogP contribution in [0.15, 0.2) is 47.4 Å². The van der Waals surface area contributed by atoms with Crippen molar-refractivity contribution in [3.05, 3.63) is 69.4 Å². The Morgan fingerprint density at radius 2 is 1.88 bits per heavy atom. The fourth-order valence-corrected chi connectivity index (χ4v) is 2.32. The topological polar surface area (TPSA) is 65.6 Å². The Bertz CT molecular complexity index is 920. The summed E-state index contributed by atoms with van der Waals surface area (Å²) < 4.78 is 40.8. The van der Waals surface area contributed by atoms with E-state index in [2.05, 4.69) is 15.5 Å². The maximum atomic E-state index is 12.9. The lowest BCUT2D eigenvalue weighted by Gasteiger charge is -2.11. The lowest BCUT2D eigenvalue weighted by atomic mass is 10.2. The fourth-order valence-electron chi connectivity index (χ4n) is 2.10. The molecule has 124 valence electrons. The third kappa shape index (κ3) is 3.16. The van der Waals surface area contributed by atoms with Gasteiger partial charge in [-0.05, 0) is 28.6 Å². The molecule has 0 saturated carbocycles. The van der Waals surface area contributed by atoms with Crippen molar-refractivity contribution in [2.45, 2.75) is 12.7 Å². The van der Waals surface area contributed by atoms with Gasteiger partial charge in [-0.15, -0.1) is 5.10 Å². The van der Waals surface area contributed by atoms with Gasteiger partial charge in [0, 0.05) is 6.20 Å². The summed E-state index contributed by atoms with van der Waals surface area (Å²) in [5.74, 6) is 0.193. The highest BCUT2D eigenvalue weighted by molar-refractivity contribution is 6.30. The lowest BCUT2D eigenvalue weighted by molar-refractivity contribution is -0.138. The summed E-state index contributed by atoms with van der Waals surface area (Å²) in [6.45, 7) is -0.260. The van der Waals surface area contributed by atoms with Gasteiger partial charge in [0.1, 0.15) is 5.02 Å². The molecule has 6 nitrogen and oxygen atoms in total. The summed E-state index contributed by atoms with van der Waals surface area (Å²) in [6.07, 6.45) is -3.93. The van der Waals surface area contributed by atoms with Crippen LogP contribution in [0.1, 0.15) is 11.4 Å². The molecule has 0 amide bonds. The smallest absolute Gasteiger partial charge is 0.306 e. The van der Waals surface area contributed by atoms with Crippen LogP contribution in [0.25, 0.3) is 5.69 Å². The first kappa shape index (κ1) is 16.2. The molecule has 0 spiro atoms. The molecule has 0 aliphatic carbocycles. The van der Waals surface area contributed by atoms with E-state index in [-0.39, 0.29) is 12.4 Å². The standard InChI is InChI=1S/C14H9ClF3N5O/c15-11-6-9(14(16,17)18)7-22(13(11)24)8-12-19-20-21-23(12)10-4-2-1-3-5-10/h1-7H,8H2. The fraction of sp³-hybridized carbons (Fsp3) is 0.143. The molecule has 0 aliphatic heterocycles. The normalized spacial score (nSPS) is 11.7. The predicted molar refractivity (Wildman–Crippen MR) is 79.0 cm³/mol. The van der Waals surface area contributed by atoms with E-state index in [1.807, 2.05) is 0 Å². The predicted octanol–water partition coefficient (Wildman–Crippen LogP) is 2.54. The summed E-state index contributed by atoms with van der Waals surface area (Å²) >= 11 is 5.63. The van der Waals surface area contributed by atoms with Crippen LogP contribution in [-0.4, -0.2) is 24.8 Å². The largest absolute Gasteiger partial charge is 0.417 e. The minimum absolute atomic E-state index is 0.193. The zero-order valence-corrected chi connectivity index (χ0v) is 12.7. The van der Waals surface area contributed by atoms with E-state index in [0.29, 0.717) is 18.0 Å². The van der Waals surface area contributed by atoms with Gasteiger partial charge >= 0.3 is 6.18 Å². The molecular weight excluding hydrogens is 347 g/mol. The van der Waals surface area contributed by atoms with E-state index in [1.165, 1.54) is 4.68 Å². The number of halogens is 4. The first-order valence-electron chi connectivity index (χ1n) is 6.66. The van der Waals surface area contributed by atoms with Gasteiger partial charge in [-0.25, -0.2) is 0 Å². The molecule has 0 unspecified atom stereocenters.